The monoisotopic (exact) mass is 530 g/mol. The number of fused-ring (bicyclic) bond motifs is 1. The zero-order valence-corrected chi connectivity index (χ0v) is 22.1. The molecule has 0 saturated heterocycles. The summed E-state index contributed by atoms with van der Waals surface area (Å²) in [6, 6.07) is 6.09. The van der Waals surface area contributed by atoms with Gasteiger partial charge in [0.2, 0.25) is 5.91 Å². The summed E-state index contributed by atoms with van der Waals surface area (Å²) in [7, 11) is 0. The number of rotatable bonds is 5. The number of hydrogen-bond donors (Lipinski definition) is 2. The maximum absolute atomic E-state index is 14.0. The van der Waals surface area contributed by atoms with E-state index in [0.717, 1.165) is 43.7 Å². The zero-order chi connectivity index (χ0) is 27.1. The van der Waals surface area contributed by atoms with Crippen molar-refractivity contribution in [2.24, 2.45) is 11.3 Å². The molecule has 2 aromatic rings. The number of aromatic nitrogens is 2. The first-order valence-corrected chi connectivity index (χ1v) is 13.7. The van der Waals surface area contributed by atoms with Crippen LogP contribution in [0, 0.1) is 11.3 Å². The minimum atomic E-state index is -4.40. The van der Waals surface area contributed by atoms with E-state index in [-0.39, 0.29) is 30.5 Å². The molecule has 9 heteroatoms. The molecule has 5 rings (SSSR count). The predicted octanol–water partition coefficient (Wildman–Crippen LogP) is 5.00. The van der Waals surface area contributed by atoms with Crippen LogP contribution in [0.1, 0.15) is 81.3 Å². The Labute approximate surface area is 222 Å². The molecule has 1 aromatic heterocycles. The molecule has 2 aliphatic carbocycles. The SMILES string of the molecule is CC(C)C1(C(=O)N2CCc3ccc(C(F)(F)F)cc3C2)CCC(NC2CCC(O)(c3ncccn3)CC2)C1. The van der Waals surface area contributed by atoms with Gasteiger partial charge >= 0.3 is 6.18 Å². The Morgan fingerprint density at radius 2 is 1.76 bits per heavy atom. The first kappa shape index (κ1) is 27.1. The van der Waals surface area contributed by atoms with Crippen molar-refractivity contribution in [1.82, 2.24) is 20.2 Å². The van der Waals surface area contributed by atoms with Crippen LogP contribution in [0.3, 0.4) is 0 Å². The Morgan fingerprint density at radius 3 is 2.42 bits per heavy atom. The Hall–Kier alpha value is -2.52. The average Bonchev–Trinajstić information content (AvgIpc) is 3.34. The third-order valence-electron chi connectivity index (χ3n) is 9.18. The van der Waals surface area contributed by atoms with Gasteiger partial charge in [0.1, 0.15) is 5.60 Å². The number of alkyl halides is 3. The van der Waals surface area contributed by atoms with Crippen molar-refractivity contribution in [3.05, 3.63) is 59.2 Å². The van der Waals surface area contributed by atoms with Gasteiger partial charge in [-0.25, -0.2) is 9.97 Å². The van der Waals surface area contributed by atoms with Crippen molar-refractivity contribution in [3.63, 3.8) is 0 Å². The summed E-state index contributed by atoms with van der Waals surface area (Å²) in [5.41, 5.74) is -0.687. The van der Waals surface area contributed by atoms with Gasteiger partial charge in [-0.15, -0.1) is 0 Å². The van der Waals surface area contributed by atoms with Crippen molar-refractivity contribution in [2.75, 3.05) is 6.54 Å². The molecule has 6 nitrogen and oxygen atoms in total. The summed E-state index contributed by atoms with van der Waals surface area (Å²) in [6.07, 6.45) is 4.64. The first-order chi connectivity index (χ1) is 18.0. The van der Waals surface area contributed by atoms with Crippen LogP contribution in [0.15, 0.2) is 36.7 Å². The highest BCUT2D eigenvalue weighted by atomic mass is 19.4. The molecule has 38 heavy (non-hydrogen) atoms. The number of aliphatic hydroxyl groups is 1. The Bertz CT molecular complexity index is 1150. The first-order valence-electron chi connectivity index (χ1n) is 13.7. The van der Waals surface area contributed by atoms with E-state index in [0.29, 0.717) is 37.2 Å². The average molecular weight is 531 g/mol. The maximum atomic E-state index is 14.0. The number of nitrogens with zero attached hydrogens (tertiary/aromatic N) is 3. The fourth-order valence-electron chi connectivity index (χ4n) is 6.76. The zero-order valence-electron chi connectivity index (χ0n) is 22.1. The van der Waals surface area contributed by atoms with E-state index in [9.17, 15) is 23.1 Å². The van der Waals surface area contributed by atoms with E-state index >= 15 is 0 Å². The maximum Gasteiger partial charge on any atom is 0.416 e. The Balaban J connectivity index is 1.23. The lowest BCUT2D eigenvalue weighted by Crippen LogP contribution is -2.49. The Morgan fingerprint density at radius 1 is 1.08 bits per heavy atom. The highest BCUT2D eigenvalue weighted by molar-refractivity contribution is 5.84. The van der Waals surface area contributed by atoms with E-state index < -0.39 is 22.8 Å². The van der Waals surface area contributed by atoms with Gasteiger partial charge in [-0.3, -0.25) is 4.79 Å². The third kappa shape index (κ3) is 5.19. The van der Waals surface area contributed by atoms with Crippen LogP contribution in [0.4, 0.5) is 13.2 Å². The van der Waals surface area contributed by atoms with Crippen LogP contribution in [0.25, 0.3) is 0 Å². The van der Waals surface area contributed by atoms with Gasteiger partial charge in [0, 0.05) is 37.6 Å². The fraction of sp³-hybridized carbons (Fsp3) is 0.621. The summed E-state index contributed by atoms with van der Waals surface area (Å²) in [5.74, 6) is 0.671. The number of hydrogen-bond acceptors (Lipinski definition) is 5. The van der Waals surface area contributed by atoms with Crippen LogP contribution in [0.5, 0.6) is 0 Å². The van der Waals surface area contributed by atoms with Gasteiger partial charge in [-0.1, -0.05) is 19.9 Å². The number of amides is 1. The standard InChI is InChI=1S/C29H37F3N4O2/c1-19(2)27(26(37)36-15-9-20-4-5-22(29(30,31)32)16-21(20)18-36)10-6-24(17-27)35-23-7-11-28(38,12-8-23)25-33-13-3-14-34-25/h3-5,13-14,16,19,23-24,35,38H,6-12,15,17-18H2,1-2H3. The summed E-state index contributed by atoms with van der Waals surface area (Å²) in [6.45, 7) is 4.93. The number of carbonyl (C=O) groups is 1. The van der Waals surface area contributed by atoms with Gasteiger partial charge in [-0.2, -0.15) is 13.2 Å². The second-order valence-corrected chi connectivity index (χ2v) is 11.8. The van der Waals surface area contributed by atoms with Crippen molar-refractivity contribution in [3.8, 4) is 0 Å². The molecule has 3 aliphatic rings. The molecule has 206 valence electrons. The topological polar surface area (TPSA) is 78.4 Å². The lowest BCUT2D eigenvalue weighted by molar-refractivity contribution is -0.145. The molecule has 0 bridgehead atoms. The minimum absolute atomic E-state index is 0.0686. The summed E-state index contributed by atoms with van der Waals surface area (Å²) in [4.78, 5) is 24.3. The van der Waals surface area contributed by atoms with Crippen LogP contribution in [-0.2, 0) is 29.5 Å². The molecule has 2 saturated carbocycles. The van der Waals surface area contributed by atoms with Gasteiger partial charge < -0.3 is 15.3 Å². The summed E-state index contributed by atoms with van der Waals surface area (Å²) in [5, 5.41) is 14.8. The molecule has 2 N–H and O–H groups in total. The third-order valence-corrected chi connectivity index (χ3v) is 9.18. The molecule has 1 aromatic carbocycles. The Kier molecular flexibility index (Phi) is 7.28. The second-order valence-electron chi connectivity index (χ2n) is 11.8. The second kappa shape index (κ2) is 10.2. The normalized spacial score (nSPS) is 29.9. The molecular weight excluding hydrogens is 493 g/mol. The van der Waals surface area contributed by atoms with E-state index in [1.54, 1.807) is 29.4 Å². The molecule has 2 heterocycles. The quantitative estimate of drug-likeness (QED) is 0.569. The minimum Gasteiger partial charge on any atom is -0.382 e. The number of halogens is 3. The van der Waals surface area contributed by atoms with Crippen LogP contribution >= 0.6 is 0 Å². The molecular formula is C29H37F3N4O2. The predicted molar refractivity (Wildman–Crippen MR) is 137 cm³/mol. The molecule has 2 atom stereocenters. The van der Waals surface area contributed by atoms with E-state index in [4.69, 9.17) is 0 Å². The summed E-state index contributed by atoms with van der Waals surface area (Å²) < 4.78 is 39.8. The largest absolute Gasteiger partial charge is 0.416 e. The van der Waals surface area contributed by atoms with Gasteiger partial charge in [0.15, 0.2) is 5.82 Å². The molecule has 2 fully saturated rings. The smallest absolute Gasteiger partial charge is 0.382 e. The highest BCUT2D eigenvalue weighted by Crippen LogP contribution is 2.47. The lowest BCUT2D eigenvalue weighted by atomic mass is 9.73. The fourth-order valence-corrected chi connectivity index (χ4v) is 6.76. The lowest BCUT2D eigenvalue weighted by Gasteiger charge is -2.40. The molecule has 0 spiro atoms. The number of carbonyl (C=O) groups excluding carboxylic acids is 1. The van der Waals surface area contributed by atoms with Crippen molar-refractivity contribution < 1.29 is 23.1 Å². The number of benzene rings is 1. The van der Waals surface area contributed by atoms with Crippen LogP contribution in [0.2, 0.25) is 0 Å². The van der Waals surface area contributed by atoms with Crippen LogP contribution < -0.4 is 5.32 Å². The van der Waals surface area contributed by atoms with E-state index in [1.165, 1.54) is 6.07 Å². The summed E-state index contributed by atoms with van der Waals surface area (Å²) >= 11 is 0. The van der Waals surface area contributed by atoms with Crippen molar-refractivity contribution in [1.29, 1.82) is 0 Å². The number of nitrogens with one attached hydrogen (secondary N) is 1. The molecule has 2 unspecified atom stereocenters. The molecule has 1 aliphatic heterocycles. The van der Waals surface area contributed by atoms with Gasteiger partial charge in [-0.05, 0) is 86.6 Å². The van der Waals surface area contributed by atoms with Gasteiger partial charge in [0.05, 0.1) is 11.0 Å². The van der Waals surface area contributed by atoms with E-state index in [2.05, 4.69) is 29.1 Å². The highest BCUT2D eigenvalue weighted by Gasteiger charge is 2.50. The molecule has 0 radical (unpaired) electrons. The van der Waals surface area contributed by atoms with E-state index in [1.807, 2.05) is 0 Å². The molecule has 1 amide bonds. The van der Waals surface area contributed by atoms with Crippen molar-refractivity contribution in [2.45, 2.75) is 95.6 Å². The van der Waals surface area contributed by atoms with Crippen LogP contribution in [-0.4, -0.2) is 44.5 Å². The van der Waals surface area contributed by atoms with Crippen molar-refractivity contribution >= 4 is 5.91 Å². The van der Waals surface area contributed by atoms with Gasteiger partial charge in [0.25, 0.3) is 0 Å².